The molecule has 0 radical (unpaired) electrons. The zero-order valence-corrected chi connectivity index (χ0v) is 13.9. The molecule has 0 aromatic heterocycles. The van der Waals surface area contributed by atoms with Crippen LogP contribution in [0.1, 0.15) is 46.0 Å². The standard InChI is InChI=1S/C15H18F10O/c1-10(2)9(8-6-4-3-5-7-8)26-11(10,12(16,17)14(20,21)22)13(18,19)15(23,24)25/h8-9H,3-7H2,1-2H3. The Morgan fingerprint density at radius 1 is 0.692 bits per heavy atom. The van der Waals surface area contributed by atoms with Crippen molar-refractivity contribution in [2.24, 2.45) is 11.3 Å². The molecule has 0 bridgehead atoms. The third kappa shape index (κ3) is 2.55. The zero-order chi connectivity index (χ0) is 20.4. The molecule has 0 amide bonds. The van der Waals surface area contributed by atoms with E-state index in [2.05, 4.69) is 4.74 Å². The number of hydrogen-bond acceptors (Lipinski definition) is 1. The molecule has 0 N–H and O–H groups in total. The summed E-state index contributed by atoms with van der Waals surface area (Å²) in [6.07, 6.45) is -12.3. The molecule has 11 heteroatoms. The molecule has 1 aliphatic carbocycles. The molecular weight excluding hydrogens is 386 g/mol. The Morgan fingerprint density at radius 3 is 1.38 bits per heavy atom. The third-order valence-corrected chi connectivity index (χ3v) is 5.60. The van der Waals surface area contributed by atoms with Crippen molar-refractivity contribution in [3.8, 4) is 0 Å². The normalized spacial score (nSPS) is 27.9. The lowest BCUT2D eigenvalue weighted by Crippen LogP contribution is -2.86. The fraction of sp³-hybridized carbons (Fsp3) is 1.00. The summed E-state index contributed by atoms with van der Waals surface area (Å²) in [6, 6.07) is 0. The summed E-state index contributed by atoms with van der Waals surface area (Å²) in [5, 5.41) is 0. The van der Waals surface area contributed by atoms with Crippen molar-refractivity contribution >= 4 is 0 Å². The number of rotatable bonds is 3. The molecule has 2 rings (SSSR count). The summed E-state index contributed by atoms with van der Waals surface area (Å²) in [5.74, 6) is -13.5. The first-order chi connectivity index (χ1) is 11.5. The van der Waals surface area contributed by atoms with Gasteiger partial charge >= 0.3 is 24.2 Å². The molecule has 1 heterocycles. The predicted molar refractivity (Wildman–Crippen MR) is 70.0 cm³/mol. The van der Waals surface area contributed by atoms with E-state index in [9.17, 15) is 43.9 Å². The molecule has 0 spiro atoms. The van der Waals surface area contributed by atoms with Gasteiger partial charge in [0.2, 0.25) is 5.60 Å². The zero-order valence-electron chi connectivity index (χ0n) is 13.9. The van der Waals surface area contributed by atoms with Crippen LogP contribution in [0.4, 0.5) is 43.9 Å². The van der Waals surface area contributed by atoms with Crippen LogP contribution in [-0.2, 0) is 4.74 Å². The molecule has 2 fully saturated rings. The molecule has 26 heavy (non-hydrogen) atoms. The fourth-order valence-corrected chi connectivity index (χ4v) is 4.31. The minimum absolute atomic E-state index is 0.305. The van der Waals surface area contributed by atoms with Crippen LogP contribution in [0.5, 0.6) is 0 Å². The second kappa shape index (κ2) is 5.88. The van der Waals surface area contributed by atoms with Crippen LogP contribution in [0.2, 0.25) is 0 Å². The first kappa shape index (κ1) is 21.6. The number of halogens is 10. The Labute approximate surface area is 143 Å². The molecule has 1 unspecified atom stereocenters. The van der Waals surface area contributed by atoms with Gasteiger partial charge in [-0.05, 0) is 18.8 Å². The molecule has 1 atom stereocenters. The molecule has 2 aliphatic rings. The highest BCUT2D eigenvalue weighted by Gasteiger charge is 2.94. The van der Waals surface area contributed by atoms with Crippen molar-refractivity contribution in [2.45, 2.75) is 81.9 Å². The summed E-state index contributed by atoms with van der Waals surface area (Å²) in [5.41, 5.74) is -7.83. The highest BCUT2D eigenvalue weighted by molar-refractivity contribution is 5.25. The first-order valence-corrected chi connectivity index (χ1v) is 8.02. The quantitative estimate of drug-likeness (QED) is 0.515. The molecular formula is C15H18F10O. The second-order valence-electron chi connectivity index (χ2n) is 7.48. The Balaban J connectivity index is 2.58. The van der Waals surface area contributed by atoms with Crippen molar-refractivity contribution in [2.75, 3.05) is 0 Å². The van der Waals surface area contributed by atoms with Crippen molar-refractivity contribution in [3.05, 3.63) is 0 Å². The highest BCUT2D eigenvalue weighted by atomic mass is 19.4. The molecule has 1 nitrogen and oxygen atoms in total. The minimum atomic E-state index is -6.64. The van der Waals surface area contributed by atoms with E-state index in [0.29, 0.717) is 39.5 Å². The third-order valence-electron chi connectivity index (χ3n) is 5.60. The van der Waals surface area contributed by atoms with E-state index < -0.39 is 47.2 Å². The van der Waals surface area contributed by atoms with Crippen molar-refractivity contribution in [1.29, 1.82) is 0 Å². The number of hydrogen-bond donors (Lipinski definition) is 0. The van der Waals surface area contributed by atoms with Gasteiger partial charge in [0, 0.05) is 5.41 Å². The molecule has 1 saturated carbocycles. The molecule has 1 aliphatic heterocycles. The summed E-state index contributed by atoms with van der Waals surface area (Å²) in [6.45, 7) is 1.13. The highest BCUT2D eigenvalue weighted by Crippen LogP contribution is 2.71. The summed E-state index contributed by atoms with van der Waals surface area (Å²) in [7, 11) is 0. The van der Waals surface area contributed by atoms with Gasteiger partial charge < -0.3 is 4.74 Å². The van der Waals surface area contributed by atoms with Gasteiger partial charge in [-0.15, -0.1) is 0 Å². The Kier molecular flexibility index (Phi) is 4.87. The van der Waals surface area contributed by atoms with E-state index in [0.717, 1.165) is 6.42 Å². The number of ether oxygens (including phenoxy) is 1. The van der Waals surface area contributed by atoms with Gasteiger partial charge in [0.1, 0.15) is 0 Å². The van der Waals surface area contributed by atoms with Gasteiger partial charge in [-0.1, -0.05) is 33.1 Å². The SMILES string of the molecule is CC1(C)C(C2CCCCC2)OC1(C(F)(F)C(F)(F)F)C(F)(F)C(F)(F)F. The van der Waals surface area contributed by atoms with E-state index in [1.807, 2.05) is 0 Å². The predicted octanol–water partition coefficient (Wildman–Crippen LogP) is 6.13. The van der Waals surface area contributed by atoms with Crippen LogP contribution in [0, 0.1) is 11.3 Å². The van der Waals surface area contributed by atoms with Gasteiger partial charge in [0.15, 0.2) is 0 Å². The van der Waals surface area contributed by atoms with E-state index >= 15 is 0 Å². The van der Waals surface area contributed by atoms with Crippen molar-refractivity contribution in [3.63, 3.8) is 0 Å². The lowest BCUT2D eigenvalue weighted by Gasteiger charge is -2.66. The maximum absolute atomic E-state index is 14.1. The Bertz CT molecular complexity index is 502. The summed E-state index contributed by atoms with van der Waals surface area (Å²) >= 11 is 0. The van der Waals surface area contributed by atoms with Crippen LogP contribution in [0.15, 0.2) is 0 Å². The average molecular weight is 404 g/mol. The molecule has 0 aromatic carbocycles. The van der Waals surface area contributed by atoms with Gasteiger partial charge in [0.05, 0.1) is 6.10 Å². The second-order valence-corrected chi connectivity index (χ2v) is 7.48. The molecule has 154 valence electrons. The molecule has 0 aromatic rings. The van der Waals surface area contributed by atoms with E-state index in [4.69, 9.17) is 0 Å². The average Bonchev–Trinajstić information content (AvgIpc) is 2.44. The lowest BCUT2D eigenvalue weighted by atomic mass is 9.55. The van der Waals surface area contributed by atoms with Gasteiger partial charge in [-0.2, -0.15) is 43.9 Å². The Hall–Kier alpha value is -0.740. The van der Waals surface area contributed by atoms with E-state index in [-0.39, 0.29) is 0 Å². The monoisotopic (exact) mass is 404 g/mol. The van der Waals surface area contributed by atoms with Gasteiger partial charge in [0.25, 0.3) is 0 Å². The van der Waals surface area contributed by atoms with Gasteiger partial charge in [-0.25, -0.2) is 0 Å². The van der Waals surface area contributed by atoms with Crippen LogP contribution in [0.25, 0.3) is 0 Å². The largest absolute Gasteiger partial charge is 0.456 e. The summed E-state index contributed by atoms with van der Waals surface area (Å²) in [4.78, 5) is 0. The smallest absolute Gasteiger partial charge is 0.357 e. The van der Waals surface area contributed by atoms with Crippen LogP contribution in [-0.4, -0.2) is 35.9 Å². The van der Waals surface area contributed by atoms with E-state index in [1.54, 1.807) is 0 Å². The number of alkyl halides is 10. The van der Waals surface area contributed by atoms with Crippen molar-refractivity contribution in [1.82, 2.24) is 0 Å². The topological polar surface area (TPSA) is 9.23 Å². The first-order valence-electron chi connectivity index (χ1n) is 8.02. The maximum Gasteiger partial charge on any atom is 0.456 e. The lowest BCUT2D eigenvalue weighted by molar-refractivity contribution is -0.515. The fourth-order valence-electron chi connectivity index (χ4n) is 4.31. The van der Waals surface area contributed by atoms with Crippen LogP contribution in [0.3, 0.4) is 0 Å². The van der Waals surface area contributed by atoms with E-state index in [1.165, 1.54) is 0 Å². The molecule has 1 saturated heterocycles. The maximum atomic E-state index is 14.1. The van der Waals surface area contributed by atoms with Crippen molar-refractivity contribution < 1.29 is 48.6 Å². The minimum Gasteiger partial charge on any atom is -0.357 e. The Morgan fingerprint density at radius 2 is 1.08 bits per heavy atom. The van der Waals surface area contributed by atoms with Crippen LogP contribution < -0.4 is 0 Å². The summed E-state index contributed by atoms with van der Waals surface area (Å²) < 4.78 is 138. The van der Waals surface area contributed by atoms with Gasteiger partial charge in [-0.3, -0.25) is 0 Å². The van der Waals surface area contributed by atoms with Crippen LogP contribution >= 0.6 is 0 Å².